The average Bonchev–Trinajstić information content (AvgIpc) is 2.21. The number of ether oxygens (including phenoxy) is 1. The van der Waals surface area contributed by atoms with E-state index in [4.69, 9.17) is 10.5 Å². The molecule has 2 N–H and O–H groups in total. The van der Waals surface area contributed by atoms with E-state index in [0.29, 0.717) is 12.6 Å². The molecule has 0 aliphatic carbocycles. The van der Waals surface area contributed by atoms with Gasteiger partial charge in [-0.25, -0.2) is 0 Å². The molecule has 0 spiro atoms. The third-order valence-electron chi connectivity index (χ3n) is 3.51. The van der Waals surface area contributed by atoms with Crippen molar-refractivity contribution in [1.82, 2.24) is 4.90 Å². The second-order valence-corrected chi connectivity index (χ2v) is 4.05. The van der Waals surface area contributed by atoms with Crippen molar-refractivity contribution in [2.75, 3.05) is 27.3 Å². The van der Waals surface area contributed by atoms with E-state index in [1.54, 1.807) is 7.11 Å². The number of nitrogens with two attached hydrogens (primary N) is 1. The van der Waals surface area contributed by atoms with Crippen LogP contribution in [0.1, 0.15) is 33.6 Å². The molecule has 1 atom stereocenters. The topological polar surface area (TPSA) is 38.5 Å². The zero-order valence-electron chi connectivity index (χ0n) is 10.3. The van der Waals surface area contributed by atoms with Gasteiger partial charge in [0.15, 0.2) is 0 Å². The van der Waals surface area contributed by atoms with E-state index < -0.39 is 0 Å². The number of hydrogen-bond acceptors (Lipinski definition) is 3. The third-order valence-corrected chi connectivity index (χ3v) is 3.51. The van der Waals surface area contributed by atoms with Gasteiger partial charge in [0.05, 0.1) is 6.61 Å². The molecule has 3 nitrogen and oxygen atoms in total. The Morgan fingerprint density at radius 1 is 1.36 bits per heavy atom. The fourth-order valence-electron chi connectivity index (χ4n) is 2.00. The van der Waals surface area contributed by atoms with Crippen molar-refractivity contribution in [3.8, 4) is 0 Å². The maximum Gasteiger partial charge on any atom is 0.0615 e. The van der Waals surface area contributed by atoms with Crippen molar-refractivity contribution in [3.05, 3.63) is 0 Å². The zero-order chi connectivity index (χ0) is 11.2. The summed E-state index contributed by atoms with van der Waals surface area (Å²) in [6, 6.07) is 0.420. The van der Waals surface area contributed by atoms with Crippen LogP contribution in [0.3, 0.4) is 0 Å². The Morgan fingerprint density at radius 2 is 1.86 bits per heavy atom. The van der Waals surface area contributed by atoms with E-state index in [2.05, 4.69) is 32.7 Å². The van der Waals surface area contributed by atoms with Crippen LogP contribution in [0.5, 0.6) is 0 Å². The van der Waals surface area contributed by atoms with E-state index in [9.17, 15) is 0 Å². The van der Waals surface area contributed by atoms with E-state index in [1.165, 1.54) is 0 Å². The van der Waals surface area contributed by atoms with Gasteiger partial charge in [0, 0.05) is 25.2 Å². The minimum Gasteiger partial charge on any atom is -0.383 e. The predicted molar refractivity (Wildman–Crippen MR) is 61.5 cm³/mol. The molecule has 0 radical (unpaired) electrons. The van der Waals surface area contributed by atoms with Crippen molar-refractivity contribution >= 4 is 0 Å². The lowest BCUT2D eigenvalue weighted by Gasteiger charge is -2.43. The Bertz CT molecular complexity index is 138. The quantitative estimate of drug-likeness (QED) is 0.679. The Morgan fingerprint density at radius 3 is 2.14 bits per heavy atom. The van der Waals surface area contributed by atoms with Gasteiger partial charge in [0.1, 0.15) is 0 Å². The minimum absolute atomic E-state index is 0.137. The molecular formula is C11H26N2O. The highest BCUT2D eigenvalue weighted by Gasteiger charge is 2.31. The molecule has 3 heteroatoms. The highest BCUT2D eigenvalue weighted by molar-refractivity contribution is 4.90. The first-order valence-corrected chi connectivity index (χ1v) is 5.49. The largest absolute Gasteiger partial charge is 0.383 e. The lowest BCUT2D eigenvalue weighted by atomic mass is 9.90. The van der Waals surface area contributed by atoms with Gasteiger partial charge in [-0.05, 0) is 26.8 Å². The van der Waals surface area contributed by atoms with E-state index in [-0.39, 0.29) is 5.54 Å². The molecule has 0 rings (SSSR count). The second kappa shape index (κ2) is 6.38. The Balaban J connectivity index is 4.48. The summed E-state index contributed by atoms with van der Waals surface area (Å²) in [5, 5.41) is 0. The van der Waals surface area contributed by atoms with Gasteiger partial charge >= 0.3 is 0 Å². The number of nitrogens with zero attached hydrogens (tertiary/aromatic N) is 1. The summed E-state index contributed by atoms with van der Waals surface area (Å²) in [6.45, 7) is 8.06. The summed E-state index contributed by atoms with van der Waals surface area (Å²) < 4.78 is 5.17. The normalized spacial score (nSPS) is 14.8. The molecule has 0 bridgehead atoms. The first-order valence-electron chi connectivity index (χ1n) is 5.49. The summed E-state index contributed by atoms with van der Waals surface area (Å²) in [7, 11) is 3.88. The van der Waals surface area contributed by atoms with Crippen LogP contribution >= 0.6 is 0 Å². The molecular weight excluding hydrogens is 176 g/mol. The van der Waals surface area contributed by atoms with Crippen LogP contribution in [-0.4, -0.2) is 43.8 Å². The lowest BCUT2D eigenvalue weighted by molar-refractivity contribution is 0.0329. The molecule has 0 aliphatic rings. The highest BCUT2D eigenvalue weighted by atomic mass is 16.5. The molecule has 0 amide bonds. The average molecular weight is 202 g/mol. The monoisotopic (exact) mass is 202 g/mol. The fraction of sp³-hybridized carbons (Fsp3) is 1.00. The summed E-state index contributed by atoms with van der Waals surface area (Å²) in [5.41, 5.74) is 6.02. The van der Waals surface area contributed by atoms with Gasteiger partial charge in [-0.1, -0.05) is 13.8 Å². The zero-order valence-corrected chi connectivity index (χ0v) is 10.3. The predicted octanol–water partition coefficient (Wildman–Crippen LogP) is 1.47. The van der Waals surface area contributed by atoms with E-state index in [1.807, 2.05) is 0 Å². The number of methoxy groups -OCH3 is 1. The second-order valence-electron chi connectivity index (χ2n) is 4.05. The van der Waals surface area contributed by atoms with Crippen LogP contribution in [0.15, 0.2) is 0 Å². The van der Waals surface area contributed by atoms with Gasteiger partial charge < -0.3 is 10.5 Å². The van der Waals surface area contributed by atoms with Crippen molar-refractivity contribution in [3.63, 3.8) is 0 Å². The van der Waals surface area contributed by atoms with Gasteiger partial charge in [0.25, 0.3) is 0 Å². The molecule has 0 aliphatic heterocycles. The highest BCUT2D eigenvalue weighted by Crippen LogP contribution is 2.23. The molecule has 0 heterocycles. The van der Waals surface area contributed by atoms with Gasteiger partial charge in [0.2, 0.25) is 0 Å². The smallest absolute Gasteiger partial charge is 0.0615 e. The molecule has 0 saturated heterocycles. The Kier molecular flexibility index (Phi) is 6.33. The Labute approximate surface area is 88.6 Å². The van der Waals surface area contributed by atoms with Crippen LogP contribution in [-0.2, 0) is 4.74 Å². The molecule has 86 valence electrons. The van der Waals surface area contributed by atoms with Crippen molar-refractivity contribution < 1.29 is 4.74 Å². The van der Waals surface area contributed by atoms with Gasteiger partial charge in [-0.15, -0.1) is 0 Å². The number of likely N-dealkylation sites (N-methyl/N-ethyl adjacent to an activating group) is 1. The first-order chi connectivity index (χ1) is 6.57. The van der Waals surface area contributed by atoms with Crippen LogP contribution < -0.4 is 5.73 Å². The standard InChI is InChI=1S/C11H26N2O/c1-6-11(7-2,9-12)13(4)10(3)8-14-5/h10H,6-9,12H2,1-5H3. The Hall–Kier alpha value is -0.120. The number of hydrogen-bond donors (Lipinski definition) is 1. The molecule has 14 heavy (non-hydrogen) atoms. The third kappa shape index (κ3) is 2.94. The summed E-state index contributed by atoms with van der Waals surface area (Å²) in [4.78, 5) is 2.36. The summed E-state index contributed by atoms with van der Waals surface area (Å²) in [6.07, 6.45) is 2.18. The van der Waals surface area contributed by atoms with Crippen LogP contribution in [0, 0.1) is 0 Å². The minimum atomic E-state index is 0.137. The number of rotatable bonds is 7. The van der Waals surface area contributed by atoms with Gasteiger partial charge in [-0.3, -0.25) is 4.90 Å². The van der Waals surface area contributed by atoms with Crippen molar-refractivity contribution in [1.29, 1.82) is 0 Å². The molecule has 0 saturated carbocycles. The van der Waals surface area contributed by atoms with Crippen LogP contribution in [0.2, 0.25) is 0 Å². The first kappa shape index (κ1) is 13.9. The van der Waals surface area contributed by atoms with Crippen molar-refractivity contribution in [2.45, 2.75) is 45.2 Å². The van der Waals surface area contributed by atoms with E-state index >= 15 is 0 Å². The molecule has 0 fully saturated rings. The van der Waals surface area contributed by atoms with Crippen LogP contribution in [0.25, 0.3) is 0 Å². The van der Waals surface area contributed by atoms with Crippen LogP contribution in [0.4, 0.5) is 0 Å². The van der Waals surface area contributed by atoms with E-state index in [0.717, 1.165) is 19.4 Å². The SMILES string of the molecule is CCC(CC)(CN)N(C)C(C)COC. The fourth-order valence-corrected chi connectivity index (χ4v) is 2.00. The molecule has 1 unspecified atom stereocenters. The summed E-state index contributed by atoms with van der Waals surface area (Å²) in [5.74, 6) is 0. The molecule has 0 aromatic carbocycles. The molecule has 0 aromatic heterocycles. The maximum absolute atomic E-state index is 5.88. The van der Waals surface area contributed by atoms with Crippen molar-refractivity contribution in [2.24, 2.45) is 5.73 Å². The lowest BCUT2D eigenvalue weighted by Crippen LogP contribution is -2.55. The van der Waals surface area contributed by atoms with Gasteiger partial charge in [-0.2, -0.15) is 0 Å². The summed E-state index contributed by atoms with van der Waals surface area (Å²) >= 11 is 0. The maximum atomic E-state index is 5.88. The molecule has 0 aromatic rings.